The molecule has 0 aliphatic heterocycles. The van der Waals surface area contributed by atoms with E-state index in [2.05, 4.69) is 6.07 Å². The third kappa shape index (κ3) is 4.07. The van der Waals surface area contributed by atoms with Crippen molar-refractivity contribution in [2.24, 2.45) is 0 Å². The molecule has 0 heterocycles. The number of hydrogen-bond acceptors (Lipinski definition) is 6. The highest BCUT2D eigenvalue weighted by atomic mass is 16.5. The van der Waals surface area contributed by atoms with Crippen molar-refractivity contribution >= 4 is 27.5 Å². The highest BCUT2D eigenvalue weighted by Crippen LogP contribution is 2.44. The average molecular weight is 413 g/mol. The van der Waals surface area contributed by atoms with Gasteiger partial charge in [0.05, 0.1) is 35.0 Å². The number of likely N-dealkylation sites (N-methyl/N-ethyl adjacent to an activating group) is 1. The van der Waals surface area contributed by atoms with E-state index in [1.165, 1.54) is 0 Å². The zero-order valence-electron chi connectivity index (χ0n) is 17.9. The van der Waals surface area contributed by atoms with E-state index in [-0.39, 0.29) is 6.54 Å². The van der Waals surface area contributed by atoms with Crippen LogP contribution in [-0.2, 0) is 11.2 Å². The van der Waals surface area contributed by atoms with Crippen molar-refractivity contribution < 1.29 is 28.8 Å². The first-order valence-electron chi connectivity index (χ1n) is 9.56. The van der Waals surface area contributed by atoms with Crippen LogP contribution in [0.5, 0.6) is 23.0 Å². The minimum Gasteiger partial charge on any atom is -0.493 e. The molecular weight excluding hydrogens is 386 g/mol. The Kier molecular flexibility index (Phi) is 6.52. The van der Waals surface area contributed by atoms with Crippen LogP contribution in [0.3, 0.4) is 0 Å². The van der Waals surface area contributed by atoms with E-state index in [4.69, 9.17) is 24.1 Å². The summed E-state index contributed by atoms with van der Waals surface area (Å²) >= 11 is 0. The van der Waals surface area contributed by atoms with Crippen LogP contribution in [0.4, 0.5) is 0 Å². The normalized spacial score (nSPS) is 11.1. The van der Waals surface area contributed by atoms with Gasteiger partial charge in [-0.2, -0.15) is 0 Å². The van der Waals surface area contributed by atoms with Crippen LogP contribution in [0.15, 0.2) is 30.3 Å². The van der Waals surface area contributed by atoms with E-state index >= 15 is 0 Å². The van der Waals surface area contributed by atoms with Crippen molar-refractivity contribution in [3.63, 3.8) is 0 Å². The lowest BCUT2D eigenvalue weighted by Gasteiger charge is -2.19. The molecule has 7 nitrogen and oxygen atoms in total. The van der Waals surface area contributed by atoms with Gasteiger partial charge < -0.3 is 24.1 Å². The molecule has 7 heteroatoms. The van der Waals surface area contributed by atoms with Crippen LogP contribution in [0.1, 0.15) is 5.56 Å². The summed E-state index contributed by atoms with van der Waals surface area (Å²) in [6.07, 6.45) is 0.666. The Labute approximate surface area is 175 Å². The largest absolute Gasteiger partial charge is 0.493 e. The van der Waals surface area contributed by atoms with Gasteiger partial charge in [-0.15, -0.1) is 0 Å². The molecule has 0 aliphatic carbocycles. The molecule has 0 fully saturated rings. The predicted molar refractivity (Wildman–Crippen MR) is 116 cm³/mol. The Bertz CT molecular complexity index is 1080. The quantitative estimate of drug-likeness (QED) is 0.537. The fraction of sp³-hybridized carbons (Fsp3) is 0.348. The summed E-state index contributed by atoms with van der Waals surface area (Å²) in [6, 6.07) is 9.93. The van der Waals surface area contributed by atoms with Crippen LogP contribution in [0, 0.1) is 0 Å². The first kappa shape index (κ1) is 21.5. The number of methoxy groups -OCH3 is 4. The van der Waals surface area contributed by atoms with Crippen molar-refractivity contribution in [1.82, 2.24) is 4.90 Å². The third-order valence-electron chi connectivity index (χ3n) is 5.22. The lowest BCUT2D eigenvalue weighted by molar-refractivity contribution is -0.137. The van der Waals surface area contributed by atoms with Gasteiger partial charge in [0.15, 0.2) is 23.0 Å². The maximum Gasteiger partial charge on any atom is 0.317 e. The van der Waals surface area contributed by atoms with Gasteiger partial charge in [0, 0.05) is 11.9 Å². The van der Waals surface area contributed by atoms with Gasteiger partial charge in [-0.25, -0.2) is 0 Å². The molecule has 0 radical (unpaired) electrons. The van der Waals surface area contributed by atoms with E-state index in [0.717, 1.165) is 27.1 Å². The van der Waals surface area contributed by atoms with Crippen molar-refractivity contribution in [2.75, 3.05) is 48.6 Å². The van der Waals surface area contributed by atoms with Crippen molar-refractivity contribution in [1.29, 1.82) is 0 Å². The molecule has 30 heavy (non-hydrogen) atoms. The molecule has 0 saturated carbocycles. The highest BCUT2D eigenvalue weighted by Gasteiger charge is 2.18. The average Bonchev–Trinajstić information content (AvgIpc) is 2.74. The molecule has 0 bridgehead atoms. The molecular formula is C23H27NO6. The number of carbonyl (C=O) groups is 1. The number of benzene rings is 3. The smallest absolute Gasteiger partial charge is 0.317 e. The standard InChI is InChI=1S/C23H27NO6/c1-24(13-21(25)26)9-8-15-11-20(29-4)23(30-5)22-16(15)7-6-14-10-18(27-2)19(28-3)12-17(14)22/h6-7,10-12H,8-9,13H2,1-5H3,(H,25,26). The topological polar surface area (TPSA) is 77.5 Å². The van der Waals surface area contributed by atoms with Crippen molar-refractivity contribution in [3.8, 4) is 23.0 Å². The SMILES string of the molecule is COc1cc2ccc3c(CCN(C)CC(=O)O)cc(OC)c(OC)c3c2cc1OC. The van der Waals surface area contributed by atoms with Crippen LogP contribution < -0.4 is 18.9 Å². The summed E-state index contributed by atoms with van der Waals surface area (Å²) < 4.78 is 22.3. The summed E-state index contributed by atoms with van der Waals surface area (Å²) in [6.45, 7) is 0.589. The highest BCUT2D eigenvalue weighted by molar-refractivity contribution is 6.13. The number of nitrogens with zero attached hydrogens (tertiary/aromatic N) is 1. The second-order valence-electron chi connectivity index (χ2n) is 7.07. The van der Waals surface area contributed by atoms with Gasteiger partial charge >= 0.3 is 5.97 Å². The number of carboxylic acids is 1. The Morgan fingerprint density at radius 2 is 1.57 bits per heavy atom. The Morgan fingerprint density at radius 3 is 2.17 bits per heavy atom. The molecule has 0 aliphatic rings. The van der Waals surface area contributed by atoms with Gasteiger partial charge in [0.1, 0.15) is 0 Å². The number of fused-ring (bicyclic) bond motifs is 3. The molecule has 3 aromatic rings. The predicted octanol–water partition coefficient (Wildman–Crippen LogP) is 3.59. The van der Waals surface area contributed by atoms with Crippen molar-refractivity contribution in [3.05, 3.63) is 35.9 Å². The van der Waals surface area contributed by atoms with Gasteiger partial charge in [-0.1, -0.05) is 12.1 Å². The molecule has 0 atom stereocenters. The fourth-order valence-corrected chi connectivity index (χ4v) is 3.77. The molecule has 160 valence electrons. The lowest BCUT2D eigenvalue weighted by Crippen LogP contribution is -2.27. The molecule has 0 saturated heterocycles. The van der Waals surface area contributed by atoms with Crippen LogP contribution in [-0.4, -0.2) is 64.6 Å². The Hall–Kier alpha value is -3.19. The van der Waals surface area contributed by atoms with Crippen LogP contribution in [0.2, 0.25) is 0 Å². The molecule has 3 rings (SSSR count). The first-order valence-corrected chi connectivity index (χ1v) is 9.56. The molecule has 3 aromatic carbocycles. The summed E-state index contributed by atoms with van der Waals surface area (Å²) in [4.78, 5) is 12.8. The Balaban J connectivity index is 2.23. The Morgan fingerprint density at radius 1 is 0.900 bits per heavy atom. The zero-order chi connectivity index (χ0) is 21.8. The summed E-state index contributed by atoms with van der Waals surface area (Å²) in [5, 5.41) is 12.9. The first-order chi connectivity index (χ1) is 14.4. The summed E-state index contributed by atoms with van der Waals surface area (Å²) in [5.41, 5.74) is 1.05. The zero-order valence-corrected chi connectivity index (χ0v) is 17.9. The minimum absolute atomic E-state index is 0.00878. The maximum atomic E-state index is 11.0. The molecule has 0 unspecified atom stereocenters. The van der Waals surface area contributed by atoms with E-state index in [9.17, 15) is 4.79 Å². The van der Waals surface area contributed by atoms with Gasteiger partial charge in [0.25, 0.3) is 0 Å². The number of carboxylic acid groups (broad SMARTS) is 1. The van der Waals surface area contributed by atoms with E-state index in [1.54, 1.807) is 40.4 Å². The van der Waals surface area contributed by atoms with E-state index in [0.29, 0.717) is 36.0 Å². The monoisotopic (exact) mass is 413 g/mol. The molecule has 0 aromatic heterocycles. The second kappa shape index (κ2) is 9.09. The summed E-state index contributed by atoms with van der Waals surface area (Å²) in [5.74, 6) is 1.71. The number of rotatable bonds is 9. The maximum absolute atomic E-state index is 11.0. The van der Waals surface area contributed by atoms with Gasteiger partial charge in [-0.05, 0) is 53.4 Å². The van der Waals surface area contributed by atoms with E-state index < -0.39 is 5.97 Å². The van der Waals surface area contributed by atoms with Crippen LogP contribution >= 0.6 is 0 Å². The van der Waals surface area contributed by atoms with Gasteiger partial charge in [-0.3, -0.25) is 9.69 Å². The number of hydrogen-bond donors (Lipinski definition) is 1. The molecule has 1 N–H and O–H groups in total. The minimum atomic E-state index is -0.846. The summed E-state index contributed by atoms with van der Waals surface area (Å²) in [7, 11) is 8.25. The number of ether oxygens (including phenoxy) is 4. The molecule has 0 spiro atoms. The van der Waals surface area contributed by atoms with Crippen molar-refractivity contribution in [2.45, 2.75) is 6.42 Å². The molecule has 0 amide bonds. The van der Waals surface area contributed by atoms with E-state index in [1.807, 2.05) is 24.3 Å². The lowest BCUT2D eigenvalue weighted by atomic mass is 9.95. The third-order valence-corrected chi connectivity index (χ3v) is 5.22. The van der Waals surface area contributed by atoms with Gasteiger partial charge in [0.2, 0.25) is 0 Å². The number of aliphatic carboxylic acids is 1. The van der Waals surface area contributed by atoms with Crippen LogP contribution in [0.25, 0.3) is 21.5 Å². The fourth-order valence-electron chi connectivity index (χ4n) is 3.77. The second-order valence-corrected chi connectivity index (χ2v) is 7.07.